The van der Waals surface area contributed by atoms with Crippen molar-refractivity contribution >= 4 is 23.2 Å². The highest BCUT2D eigenvalue weighted by Gasteiger charge is 2.26. The van der Waals surface area contributed by atoms with Crippen molar-refractivity contribution in [1.29, 1.82) is 0 Å². The van der Waals surface area contributed by atoms with Gasteiger partial charge < -0.3 is 14.5 Å². The minimum absolute atomic E-state index is 0.0824. The second-order valence-corrected chi connectivity index (χ2v) is 6.48. The first kappa shape index (κ1) is 17.7. The van der Waals surface area contributed by atoms with Gasteiger partial charge in [-0.1, -0.05) is 18.2 Å². The zero-order valence-corrected chi connectivity index (χ0v) is 15.0. The van der Waals surface area contributed by atoms with Crippen molar-refractivity contribution in [2.24, 2.45) is 4.99 Å². The maximum Gasteiger partial charge on any atom is 0.365 e. The SMILES string of the molecule is O=C1OC(c2ccccc2)=NC1=CN1CCN(c2ccc([N+](=O)[O-])cc2)CC1. The maximum atomic E-state index is 12.1. The number of cyclic esters (lactones) is 1. The molecule has 0 aliphatic carbocycles. The summed E-state index contributed by atoms with van der Waals surface area (Å²) >= 11 is 0. The number of carbonyl (C=O) groups is 1. The van der Waals surface area contributed by atoms with E-state index in [-0.39, 0.29) is 5.69 Å². The van der Waals surface area contributed by atoms with Crippen LogP contribution in [0.15, 0.2) is 71.5 Å². The van der Waals surface area contributed by atoms with Crippen LogP contribution in [0, 0.1) is 10.1 Å². The van der Waals surface area contributed by atoms with Gasteiger partial charge in [-0.15, -0.1) is 0 Å². The molecule has 2 heterocycles. The number of nitro benzene ring substituents is 1. The summed E-state index contributed by atoms with van der Waals surface area (Å²) in [7, 11) is 0. The van der Waals surface area contributed by atoms with Crippen LogP contribution in [-0.2, 0) is 9.53 Å². The molecule has 8 heteroatoms. The molecule has 0 bridgehead atoms. The fraction of sp³-hybridized carbons (Fsp3) is 0.200. The molecule has 28 heavy (non-hydrogen) atoms. The van der Waals surface area contributed by atoms with Gasteiger partial charge >= 0.3 is 5.97 Å². The van der Waals surface area contributed by atoms with Gasteiger partial charge in [-0.3, -0.25) is 10.1 Å². The third kappa shape index (κ3) is 3.71. The second kappa shape index (κ2) is 7.51. The Morgan fingerprint density at radius 2 is 1.68 bits per heavy atom. The van der Waals surface area contributed by atoms with Gasteiger partial charge in [-0.25, -0.2) is 9.79 Å². The lowest BCUT2D eigenvalue weighted by molar-refractivity contribution is -0.384. The molecule has 0 spiro atoms. The molecule has 0 amide bonds. The first-order valence-electron chi connectivity index (χ1n) is 8.92. The molecule has 1 fully saturated rings. The Morgan fingerprint density at radius 3 is 2.32 bits per heavy atom. The van der Waals surface area contributed by atoms with Crippen molar-refractivity contribution in [2.45, 2.75) is 0 Å². The van der Waals surface area contributed by atoms with E-state index in [9.17, 15) is 14.9 Å². The first-order valence-corrected chi connectivity index (χ1v) is 8.92. The highest BCUT2D eigenvalue weighted by atomic mass is 16.6. The number of anilines is 1. The number of piperazine rings is 1. The average Bonchev–Trinajstić information content (AvgIpc) is 3.10. The van der Waals surface area contributed by atoms with Crippen LogP contribution in [0.5, 0.6) is 0 Å². The molecular weight excluding hydrogens is 360 g/mol. The number of nitrogens with zero attached hydrogens (tertiary/aromatic N) is 4. The number of ether oxygens (including phenoxy) is 1. The third-order valence-corrected chi connectivity index (χ3v) is 4.69. The van der Waals surface area contributed by atoms with Crippen LogP contribution in [0.3, 0.4) is 0 Å². The van der Waals surface area contributed by atoms with Crippen LogP contribution in [0.25, 0.3) is 0 Å². The van der Waals surface area contributed by atoms with Crippen molar-refractivity contribution in [1.82, 2.24) is 4.90 Å². The number of non-ortho nitro benzene ring substituents is 1. The topological polar surface area (TPSA) is 88.3 Å². The van der Waals surface area contributed by atoms with Crippen LogP contribution in [0.2, 0.25) is 0 Å². The van der Waals surface area contributed by atoms with Crippen LogP contribution in [-0.4, -0.2) is 47.9 Å². The number of hydrogen-bond donors (Lipinski definition) is 0. The van der Waals surface area contributed by atoms with Gasteiger partial charge in [0.15, 0.2) is 5.70 Å². The molecule has 0 aromatic heterocycles. The molecule has 0 atom stereocenters. The molecule has 142 valence electrons. The van der Waals surface area contributed by atoms with E-state index >= 15 is 0 Å². The van der Waals surface area contributed by atoms with Crippen molar-refractivity contribution in [2.75, 3.05) is 31.1 Å². The monoisotopic (exact) mass is 378 g/mol. The lowest BCUT2D eigenvalue weighted by Crippen LogP contribution is -2.44. The molecule has 0 saturated carbocycles. The molecule has 2 aliphatic heterocycles. The van der Waals surface area contributed by atoms with Crippen LogP contribution in [0.4, 0.5) is 11.4 Å². The highest BCUT2D eigenvalue weighted by molar-refractivity contribution is 6.11. The van der Waals surface area contributed by atoms with Gasteiger partial charge in [-0.05, 0) is 24.3 Å². The molecule has 1 saturated heterocycles. The van der Waals surface area contributed by atoms with Gasteiger partial charge in [0.1, 0.15) is 0 Å². The molecule has 2 aliphatic rings. The van der Waals surface area contributed by atoms with Gasteiger partial charge in [0.05, 0.1) is 4.92 Å². The molecule has 0 N–H and O–H groups in total. The van der Waals surface area contributed by atoms with Crippen molar-refractivity contribution in [3.05, 3.63) is 82.2 Å². The fourth-order valence-electron chi connectivity index (χ4n) is 3.17. The molecular formula is C20H18N4O4. The third-order valence-electron chi connectivity index (χ3n) is 4.69. The van der Waals surface area contributed by atoms with Gasteiger partial charge in [0.2, 0.25) is 5.90 Å². The summed E-state index contributed by atoms with van der Waals surface area (Å²) in [6.07, 6.45) is 1.74. The lowest BCUT2D eigenvalue weighted by atomic mass is 10.2. The number of rotatable bonds is 4. The first-order chi connectivity index (χ1) is 13.6. The Labute approximate surface area is 161 Å². The Balaban J connectivity index is 1.40. The number of benzene rings is 2. The molecule has 2 aromatic carbocycles. The average molecular weight is 378 g/mol. The molecule has 8 nitrogen and oxygen atoms in total. The van der Waals surface area contributed by atoms with Crippen LogP contribution < -0.4 is 4.90 Å². The van der Waals surface area contributed by atoms with Crippen molar-refractivity contribution in [3.8, 4) is 0 Å². The predicted molar refractivity (Wildman–Crippen MR) is 104 cm³/mol. The Morgan fingerprint density at radius 1 is 1.00 bits per heavy atom. The van der Waals surface area contributed by atoms with Gasteiger partial charge in [-0.2, -0.15) is 0 Å². The lowest BCUT2D eigenvalue weighted by Gasteiger charge is -2.35. The number of aliphatic imine (C=N–C) groups is 1. The van der Waals surface area contributed by atoms with Crippen molar-refractivity contribution < 1.29 is 14.5 Å². The number of esters is 1. The molecule has 2 aromatic rings. The van der Waals surface area contributed by atoms with E-state index in [4.69, 9.17) is 4.74 Å². The quantitative estimate of drug-likeness (QED) is 0.352. The largest absolute Gasteiger partial charge is 0.402 e. The summed E-state index contributed by atoms with van der Waals surface area (Å²) in [5.74, 6) is -0.127. The summed E-state index contributed by atoms with van der Waals surface area (Å²) in [4.78, 5) is 31.0. The van der Waals surface area contributed by atoms with Crippen molar-refractivity contribution in [3.63, 3.8) is 0 Å². The fourth-order valence-corrected chi connectivity index (χ4v) is 3.17. The summed E-state index contributed by atoms with van der Waals surface area (Å²) < 4.78 is 5.27. The van der Waals surface area contributed by atoms with Crippen LogP contribution in [0.1, 0.15) is 5.56 Å². The Bertz CT molecular complexity index is 946. The number of carbonyl (C=O) groups excluding carboxylic acids is 1. The smallest absolute Gasteiger partial charge is 0.365 e. The minimum atomic E-state index is -0.448. The summed E-state index contributed by atoms with van der Waals surface area (Å²) in [5.41, 5.74) is 2.09. The van der Waals surface area contributed by atoms with Gasteiger partial charge in [0.25, 0.3) is 5.69 Å². The van der Waals surface area contributed by atoms with E-state index in [1.807, 2.05) is 35.2 Å². The minimum Gasteiger partial charge on any atom is -0.402 e. The number of hydrogen-bond acceptors (Lipinski definition) is 7. The van der Waals surface area contributed by atoms with E-state index in [1.54, 1.807) is 18.3 Å². The summed E-state index contributed by atoms with van der Waals surface area (Å²) in [6.45, 7) is 2.91. The zero-order chi connectivity index (χ0) is 19.5. The van der Waals surface area contributed by atoms with E-state index in [1.165, 1.54) is 12.1 Å². The molecule has 0 unspecified atom stereocenters. The Kier molecular flexibility index (Phi) is 4.76. The Hall–Kier alpha value is -3.68. The highest BCUT2D eigenvalue weighted by Crippen LogP contribution is 2.22. The van der Waals surface area contributed by atoms with Gasteiger partial charge in [0, 0.05) is 55.8 Å². The number of nitro groups is 1. The van der Waals surface area contributed by atoms with E-state index in [0.29, 0.717) is 24.7 Å². The predicted octanol–water partition coefficient (Wildman–Crippen LogP) is 2.56. The van der Waals surface area contributed by atoms with E-state index in [2.05, 4.69) is 9.89 Å². The zero-order valence-electron chi connectivity index (χ0n) is 15.0. The van der Waals surface area contributed by atoms with E-state index < -0.39 is 10.9 Å². The van der Waals surface area contributed by atoms with E-state index in [0.717, 1.165) is 24.3 Å². The standard InChI is InChI=1S/C20H18N4O4/c25-20-18(21-19(28-20)15-4-2-1-3-5-15)14-22-10-12-23(13-11-22)16-6-8-17(9-7-16)24(26)27/h1-9,14H,10-13H2. The summed E-state index contributed by atoms with van der Waals surface area (Å²) in [5, 5.41) is 10.8. The normalized spacial score (nSPS) is 18.2. The maximum absolute atomic E-state index is 12.1. The van der Waals surface area contributed by atoms with Crippen LogP contribution >= 0.6 is 0 Å². The molecule has 4 rings (SSSR count). The summed E-state index contributed by atoms with van der Waals surface area (Å²) in [6, 6.07) is 15.9. The second-order valence-electron chi connectivity index (χ2n) is 6.48. The molecule has 0 radical (unpaired) electrons.